The second-order valence-corrected chi connectivity index (χ2v) is 4.91. The van der Waals surface area contributed by atoms with E-state index in [2.05, 4.69) is 4.98 Å². The topological polar surface area (TPSA) is 48.1 Å². The van der Waals surface area contributed by atoms with Crippen LogP contribution in [-0.2, 0) is 0 Å². The molecular weight excluding hydrogens is 295 g/mol. The minimum atomic E-state index is 0.169. The molecule has 2 aromatic rings. The lowest BCUT2D eigenvalue weighted by atomic mass is 10.2. The summed E-state index contributed by atoms with van der Waals surface area (Å²) >= 11 is 17.6. The molecule has 94 valence electrons. The van der Waals surface area contributed by atoms with Crippen LogP contribution in [0.25, 0.3) is 0 Å². The van der Waals surface area contributed by atoms with Crippen LogP contribution in [0.3, 0.4) is 0 Å². The lowest BCUT2D eigenvalue weighted by molar-refractivity contribution is 0.460. The number of nitrogen functional groups attached to an aromatic ring is 1. The van der Waals surface area contributed by atoms with Crippen molar-refractivity contribution >= 4 is 40.6 Å². The van der Waals surface area contributed by atoms with Crippen LogP contribution >= 0.6 is 34.8 Å². The van der Waals surface area contributed by atoms with Gasteiger partial charge in [0, 0.05) is 5.02 Å². The highest BCUT2D eigenvalue weighted by Crippen LogP contribution is 2.33. The van der Waals surface area contributed by atoms with Crippen LogP contribution in [0, 0.1) is 6.92 Å². The number of nitrogens with zero attached hydrogens (tertiary/aromatic N) is 1. The maximum absolute atomic E-state index is 5.98. The molecular formula is C12H9Cl3N2O. The van der Waals surface area contributed by atoms with Crippen LogP contribution in [-0.4, -0.2) is 4.98 Å². The van der Waals surface area contributed by atoms with Gasteiger partial charge in [0.05, 0.1) is 5.02 Å². The Morgan fingerprint density at radius 1 is 1.11 bits per heavy atom. The van der Waals surface area contributed by atoms with Gasteiger partial charge in [-0.2, -0.15) is 4.98 Å². The summed E-state index contributed by atoms with van der Waals surface area (Å²) in [5.41, 5.74) is 6.47. The average Bonchev–Trinajstić information content (AvgIpc) is 2.29. The molecule has 0 radical (unpaired) electrons. The van der Waals surface area contributed by atoms with Crippen molar-refractivity contribution in [1.82, 2.24) is 4.98 Å². The van der Waals surface area contributed by atoms with Crippen LogP contribution in [0.1, 0.15) is 5.56 Å². The SMILES string of the molecule is Cc1cc(Cl)ccc1Oc1nc(N)c(Cl)cc1Cl. The summed E-state index contributed by atoms with van der Waals surface area (Å²) in [6, 6.07) is 6.73. The Hall–Kier alpha value is -1.16. The number of rotatable bonds is 2. The number of halogens is 3. The highest BCUT2D eigenvalue weighted by Gasteiger charge is 2.10. The Balaban J connectivity index is 2.37. The summed E-state index contributed by atoms with van der Waals surface area (Å²) < 4.78 is 5.59. The van der Waals surface area contributed by atoms with Gasteiger partial charge < -0.3 is 10.5 Å². The molecule has 0 amide bonds. The van der Waals surface area contributed by atoms with Gasteiger partial charge in [0.1, 0.15) is 16.6 Å². The molecule has 0 saturated heterocycles. The van der Waals surface area contributed by atoms with E-state index in [1.165, 1.54) is 6.07 Å². The summed E-state index contributed by atoms with van der Waals surface area (Å²) in [7, 11) is 0. The van der Waals surface area contributed by atoms with Crippen molar-refractivity contribution < 1.29 is 4.74 Å². The number of hydrogen-bond donors (Lipinski definition) is 1. The van der Waals surface area contributed by atoms with Gasteiger partial charge >= 0.3 is 0 Å². The fraction of sp³-hybridized carbons (Fsp3) is 0.0833. The fourth-order valence-electron chi connectivity index (χ4n) is 1.37. The zero-order chi connectivity index (χ0) is 13.3. The molecule has 0 atom stereocenters. The number of hydrogen-bond acceptors (Lipinski definition) is 3. The quantitative estimate of drug-likeness (QED) is 0.873. The molecule has 0 unspecified atom stereocenters. The van der Waals surface area contributed by atoms with E-state index in [0.717, 1.165) is 5.56 Å². The molecule has 1 heterocycles. The molecule has 1 aromatic heterocycles. The van der Waals surface area contributed by atoms with Gasteiger partial charge in [-0.1, -0.05) is 34.8 Å². The molecule has 18 heavy (non-hydrogen) atoms. The van der Waals surface area contributed by atoms with E-state index in [4.69, 9.17) is 45.3 Å². The molecule has 2 N–H and O–H groups in total. The molecule has 6 heteroatoms. The molecule has 0 fully saturated rings. The van der Waals surface area contributed by atoms with E-state index in [9.17, 15) is 0 Å². The first-order valence-corrected chi connectivity index (χ1v) is 6.16. The van der Waals surface area contributed by atoms with Crippen LogP contribution in [0.5, 0.6) is 11.6 Å². The number of benzene rings is 1. The molecule has 0 aliphatic heterocycles. The Kier molecular flexibility index (Phi) is 3.85. The van der Waals surface area contributed by atoms with Gasteiger partial charge in [0.25, 0.3) is 0 Å². The number of ether oxygens (including phenoxy) is 1. The Labute approximate surface area is 119 Å². The summed E-state index contributed by atoms with van der Waals surface area (Å²) in [5, 5.41) is 1.22. The summed E-state index contributed by atoms with van der Waals surface area (Å²) in [5.74, 6) is 0.988. The zero-order valence-corrected chi connectivity index (χ0v) is 11.6. The molecule has 1 aromatic carbocycles. The second-order valence-electron chi connectivity index (χ2n) is 3.65. The molecule has 0 spiro atoms. The number of nitrogens with two attached hydrogens (primary N) is 1. The van der Waals surface area contributed by atoms with E-state index < -0.39 is 0 Å². The van der Waals surface area contributed by atoms with Crippen LogP contribution < -0.4 is 10.5 Å². The number of aromatic nitrogens is 1. The van der Waals surface area contributed by atoms with E-state index >= 15 is 0 Å². The van der Waals surface area contributed by atoms with E-state index in [0.29, 0.717) is 20.8 Å². The van der Waals surface area contributed by atoms with Gasteiger partial charge in [-0.15, -0.1) is 0 Å². The molecule has 0 aliphatic carbocycles. The number of pyridine rings is 1. The predicted molar refractivity (Wildman–Crippen MR) is 74.9 cm³/mol. The lowest BCUT2D eigenvalue weighted by Crippen LogP contribution is -1.96. The van der Waals surface area contributed by atoms with Gasteiger partial charge in [-0.05, 0) is 36.8 Å². The molecule has 0 saturated carbocycles. The van der Waals surface area contributed by atoms with E-state index in [-0.39, 0.29) is 11.7 Å². The lowest BCUT2D eigenvalue weighted by Gasteiger charge is -2.10. The zero-order valence-electron chi connectivity index (χ0n) is 9.38. The second kappa shape index (κ2) is 5.22. The highest BCUT2D eigenvalue weighted by atomic mass is 35.5. The Bertz CT molecular complexity index is 602. The van der Waals surface area contributed by atoms with Gasteiger partial charge in [-0.3, -0.25) is 0 Å². The third-order valence-corrected chi connectivity index (χ3v) is 3.08. The van der Waals surface area contributed by atoms with E-state index in [1.807, 2.05) is 6.92 Å². The minimum Gasteiger partial charge on any atom is -0.437 e. The third kappa shape index (κ3) is 2.80. The number of anilines is 1. The van der Waals surface area contributed by atoms with Gasteiger partial charge in [0.2, 0.25) is 5.88 Å². The largest absolute Gasteiger partial charge is 0.437 e. The van der Waals surface area contributed by atoms with Gasteiger partial charge in [0.15, 0.2) is 0 Å². The van der Waals surface area contributed by atoms with Crippen molar-refractivity contribution in [3.05, 3.63) is 44.9 Å². The number of aryl methyl sites for hydroxylation is 1. The predicted octanol–water partition coefficient (Wildman–Crippen LogP) is 4.72. The van der Waals surface area contributed by atoms with E-state index in [1.54, 1.807) is 18.2 Å². The molecule has 2 rings (SSSR count). The van der Waals surface area contributed by atoms with Crippen LogP contribution in [0.2, 0.25) is 15.1 Å². The molecule has 0 bridgehead atoms. The molecule has 0 aliphatic rings. The van der Waals surface area contributed by atoms with Crippen molar-refractivity contribution in [2.75, 3.05) is 5.73 Å². The van der Waals surface area contributed by atoms with Crippen LogP contribution in [0.4, 0.5) is 5.82 Å². The standard InChI is InChI=1S/C12H9Cl3N2O/c1-6-4-7(13)2-3-10(6)18-12-9(15)5-8(14)11(16)17-12/h2-5H,1H3,(H2,16,17). The maximum atomic E-state index is 5.98. The normalized spacial score (nSPS) is 10.4. The maximum Gasteiger partial charge on any atom is 0.240 e. The van der Waals surface area contributed by atoms with Crippen molar-refractivity contribution in [2.45, 2.75) is 6.92 Å². The smallest absolute Gasteiger partial charge is 0.240 e. The third-order valence-electron chi connectivity index (χ3n) is 2.27. The first-order valence-electron chi connectivity index (χ1n) is 5.03. The van der Waals surface area contributed by atoms with Crippen molar-refractivity contribution in [3.63, 3.8) is 0 Å². The van der Waals surface area contributed by atoms with Crippen LogP contribution in [0.15, 0.2) is 24.3 Å². The van der Waals surface area contributed by atoms with Crippen molar-refractivity contribution in [3.8, 4) is 11.6 Å². The first kappa shape index (κ1) is 13.3. The van der Waals surface area contributed by atoms with Crippen molar-refractivity contribution in [1.29, 1.82) is 0 Å². The first-order chi connectivity index (χ1) is 8.47. The van der Waals surface area contributed by atoms with Crippen molar-refractivity contribution in [2.24, 2.45) is 0 Å². The summed E-state index contributed by atoms with van der Waals surface area (Å²) in [4.78, 5) is 3.99. The average molecular weight is 304 g/mol. The minimum absolute atomic E-state index is 0.169. The van der Waals surface area contributed by atoms with Gasteiger partial charge in [-0.25, -0.2) is 0 Å². The summed E-state index contributed by atoms with van der Waals surface area (Å²) in [6.45, 7) is 1.87. The molecule has 3 nitrogen and oxygen atoms in total. The summed E-state index contributed by atoms with van der Waals surface area (Å²) in [6.07, 6.45) is 0. The fourth-order valence-corrected chi connectivity index (χ4v) is 1.99. The highest BCUT2D eigenvalue weighted by molar-refractivity contribution is 6.36. The Morgan fingerprint density at radius 3 is 2.50 bits per heavy atom. The monoisotopic (exact) mass is 302 g/mol. The Morgan fingerprint density at radius 2 is 1.83 bits per heavy atom.